The number of aromatic nitrogens is 2. The molecule has 132 valence electrons. The Morgan fingerprint density at radius 3 is 2.32 bits per heavy atom. The molecule has 0 bridgehead atoms. The number of carbonyl (C=O) groups is 1. The van der Waals surface area contributed by atoms with Crippen LogP contribution in [-0.4, -0.2) is 21.9 Å². The second-order valence-corrected chi connectivity index (χ2v) is 6.80. The van der Waals surface area contributed by atoms with Gasteiger partial charge in [0, 0.05) is 25.0 Å². The molecule has 1 amide bonds. The Morgan fingerprint density at radius 1 is 1.04 bits per heavy atom. The zero-order valence-corrected chi connectivity index (χ0v) is 14.8. The van der Waals surface area contributed by atoms with E-state index in [0.29, 0.717) is 24.1 Å². The van der Waals surface area contributed by atoms with Gasteiger partial charge in [-0.3, -0.25) is 4.79 Å². The fourth-order valence-electron chi connectivity index (χ4n) is 3.12. The van der Waals surface area contributed by atoms with Crippen molar-refractivity contribution in [2.45, 2.75) is 58.0 Å². The SMILES string of the molecule is Cc1ccc(CNC(=O)c2cnc(NC3CCCCCC3)nc2)cc1. The van der Waals surface area contributed by atoms with E-state index in [2.05, 4.69) is 20.6 Å². The van der Waals surface area contributed by atoms with E-state index in [0.717, 1.165) is 5.56 Å². The van der Waals surface area contributed by atoms with E-state index >= 15 is 0 Å². The van der Waals surface area contributed by atoms with Crippen LogP contribution in [0.5, 0.6) is 0 Å². The summed E-state index contributed by atoms with van der Waals surface area (Å²) in [6, 6.07) is 8.57. The highest BCUT2D eigenvalue weighted by Crippen LogP contribution is 2.19. The van der Waals surface area contributed by atoms with Crippen molar-refractivity contribution in [2.24, 2.45) is 0 Å². The molecular weight excluding hydrogens is 312 g/mol. The third-order valence-electron chi connectivity index (χ3n) is 4.68. The van der Waals surface area contributed by atoms with Gasteiger partial charge in [-0.25, -0.2) is 9.97 Å². The molecule has 0 atom stereocenters. The highest BCUT2D eigenvalue weighted by atomic mass is 16.1. The van der Waals surface area contributed by atoms with Gasteiger partial charge in [-0.05, 0) is 25.3 Å². The van der Waals surface area contributed by atoms with Gasteiger partial charge in [0.2, 0.25) is 5.95 Å². The molecule has 2 N–H and O–H groups in total. The van der Waals surface area contributed by atoms with Crippen molar-refractivity contribution in [3.8, 4) is 0 Å². The van der Waals surface area contributed by atoms with Crippen LogP contribution in [0.4, 0.5) is 5.95 Å². The maximum Gasteiger partial charge on any atom is 0.254 e. The lowest BCUT2D eigenvalue weighted by Crippen LogP contribution is -2.24. The summed E-state index contributed by atoms with van der Waals surface area (Å²) in [5, 5.41) is 6.30. The number of nitrogens with one attached hydrogen (secondary N) is 2. The molecule has 1 fully saturated rings. The van der Waals surface area contributed by atoms with Crippen molar-refractivity contribution in [2.75, 3.05) is 5.32 Å². The molecule has 0 saturated heterocycles. The lowest BCUT2D eigenvalue weighted by atomic mass is 10.1. The number of rotatable bonds is 5. The summed E-state index contributed by atoms with van der Waals surface area (Å²) in [6.45, 7) is 2.55. The minimum atomic E-state index is -0.151. The predicted octanol–water partition coefficient (Wildman–Crippen LogP) is 3.85. The third kappa shape index (κ3) is 5.28. The normalized spacial score (nSPS) is 15.4. The summed E-state index contributed by atoms with van der Waals surface area (Å²) in [5.41, 5.74) is 2.77. The molecule has 1 aromatic heterocycles. The van der Waals surface area contributed by atoms with Crippen molar-refractivity contribution in [3.63, 3.8) is 0 Å². The van der Waals surface area contributed by atoms with Gasteiger partial charge in [0.15, 0.2) is 0 Å². The smallest absolute Gasteiger partial charge is 0.254 e. The fourth-order valence-corrected chi connectivity index (χ4v) is 3.12. The Labute approximate surface area is 149 Å². The van der Waals surface area contributed by atoms with E-state index in [9.17, 15) is 4.79 Å². The zero-order chi connectivity index (χ0) is 17.5. The van der Waals surface area contributed by atoms with Crippen LogP contribution in [0.25, 0.3) is 0 Å². The number of anilines is 1. The van der Waals surface area contributed by atoms with Gasteiger partial charge in [0.05, 0.1) is 5.56 Å². The number of aryl methyl sites for hydroxylation is 1. The number of carbonyl (C=O) groups excluding carboxylic acids is 1. The minimum absolute atomic E-state index is 0.151. The van der Waals surface area contributed by atoms with Crippen LogP contribution >= 0.6 is 0 Å². The topological polar surface area (TPSA) is 66.9 Å². The second kappa shape index (κ2) is 8.60. The summed E-state index contributed by atoms with van der Waals surface area (Å²) in [5.74, 6) is 0.462. The van der Waals surface area contributed by atoms with Crippen molar-refractivity contribution in [1.82, 2.24) is 15.3 Å². The molecule has 0 radical (unpaired) electrons. The molecule has 25 heavy (non-hydrogen) atoms. The van der Waals surface area contributed by atoms with Gasteiger partial charge >= 0.3 is 0 Å². The summed E-state index contributed by atoms with van der Waals surface area (Å²) >= 11 is 0. The van der Waals surface area contributed by atoms with Crippen molar-refractivity contribution in [1.29, 1.82) is 0 Å². The van der Waals surface area contributed by atoms with Crippen LogP contribution in [0.2, 0.25) is 0 Å². The first-order valence-corrected chi connectivity index (χ1v) is 9.13. The summed E-state index contributed by atoms with van der Waals surface area (Å²) in [4.78, 5) is 20.8. The van der Waals surface area contributed by atoms with E-state index < -0.39 is 0 Å². The number of benzene rings is 1. The Bertz CT molecular complexity index is 674. The van der Waals surface area contributed by atoms with Gasteiger partial charge in [-0.15, -0.1) is 0 Å². The highest BCUT2D eigenvalue weighted by molar-refractivity contribution is 5.93. The molecule has 5 nitrogen and oxygen atoms in total. The maximum atomic E-state index is 12.2. The first kappa shape index (κ1) is 17.4. The van der Waals surface area contributed by atoms with Crippen LogP contribution < -0.4 is 10.6 Å². The molecular formula is C20H26N4O. The van der Waals surface area contributed by atoms with Crippen molar-refractivity contribution < 1.29 is 4.79 Å². The Balaban J connectivity index is 1.52. The molecule has 1 aliphatic rings. The van der Waals surface area contributed by atoms with E-state index in [4.69, 9.17) is 0 Å². The van der Waals surface area contributed by atoms with Gasteiger partial charge < -0.3 is 10.6 Å². The molecule has 1 heterocycles. The third-order valence-corrected chi connectivity index (χ3v) is 4.68. The standard InChI is InChI=1S/C20H26N4O/c1-15-8-10-16(11-9-15)12-21-19(25)17-13-22-20(23-14-17)24-18-6-4-2-3-5-7-18/h8-11,13-14,18H,2-7,12H2,1H3,(H,21,25)(H,22,23,24). The van der Waals surface area contributed by atoms with Crippen LogP contribution in [-0.2, 0) is 6.54 Å². The number of amides is 1. The molecule has 0 unspecified atom stereocenters. The first-order valence-electron chi connectivity index (χ1n) is 9.13. The fraction of sp³-hybridized carbons (Fsp3) is 0.450. The van der Waals surface area contributed by atoms with Gasteiger partial charge in [0.1, 0.15) is 0 Å². The average Bonchev–Trinajstić information content (AvgIpc) is 2.90. The molecule has 2 aromatic rings. The number of hydrogen-bond donors (Lipinski definition) is 2. The van der Waals surface area contributed by atoms with E-state index in [1.165, 1.54) is 44.1 Å². The highest BCUT2D eigenvalue weighted by Gasteiger charge is 2.13. The Morgan fingerprint density at radius 2 is 1.68 bits per heavy atom. The van der Waals surface area contributed by atoms with E-state index in [1.54, 1.807) is 12.4 Å². The quantitative estimate of drug-likeness (QED) is 0.813. The molecule has 5 heteroatoms. The predicted molar refractivity (Wildman–Crippen MR) is 99.5 cm³/mol. The van der Waals surface area contributed by atoms with Crippen molar-refractivity contribution >= 4 is 11.9 Å². The van der Waals surface area contributed by atoms with Crippen LogP contribution in [0.3, 0.4) is 0 Å². The average molecular weight is 338 g/mol. The summed E-state index contributed by atoms with van der Waals surface area (Å²) in [6.07, 6.45) is 10.7. The molecule has 1 aromatic carbocycles. The zero-order valence-electron chi connectivity index (χ0n) is 14.8. The van der Waals surface area contributed by atoms with Crippen molar-refractivity contribution in [3.05, 3.63) is 53.3 Å². The van der Waals surface area contributed by atoms with Gasteiger partial charge in [-0.1, -0.05) is 55.5 Å². The molecule has 0 spiro atoms. The summed E-state index contributed by atoms with van der Waals surface area (Å²) in [7, 11) is 0. The lowest BCUT2D eigenvalue weighted by molar-refractivity contribution is 0.0950. The molecule has 0 aliphatic heterocycles. The number of hydrogen-bond acceptors (Lipinski definition) is 4. The minimum Gasteiger partial charge on any atom is -0.351 e. The van der Waals surface area contributed by atoms with E-state index in [1.807, 2.05) is 31.2 Å². The van der Waals surface area contributed by atoms with E-state index in [-0.39, 0.29) is 5.91 Å². The Hall–Kier alpha value is -2.43. The van der Waals surface area contributed by atoms with Gasteiger partial charge in [0.25, 0.3) is 5.91 Å². The second-order valence-electron chi connectivity index (χ2n) is 6.80. The molecule has 1 saturated carbocycles. The Kier molecular flexibility index (Phi) is 5.99. The maximum absolute atomic E-state index is 12.2. The molecule has 3 rings (SSSR count). The van der Waals surface area contributed by atoms with Gasteiger partial charge in [-0.2, -0.15) is 0 Å². The largest absolute Gasteiger partial charge is 0.351 e. The monoisotopic (exact) mass is 338 g/mol. The van der Waals surface area contributed by atoms with Crippen LogP contribution in [0, 0.1) is 6.92 Å². The first-order chi connectivity index (χ1) is 12.2. The molecule has 1 aliphatic carbocycles. The lowest BCUT2D eigenvalue weighted by Gasteiger charge is -2.15. The van der Waals surface area contributed by atoms with Crippen LogP contribution in [0.1, 0.15) is 60.0 Å². The van der Waals surface area contributed by atoms with Crippen LogP contribution in [0.15, 0.2) is 36.7 Å². The number of nitrogens with zero attached hydrogens (tertiary/aromatic N) is 2. The summed E-state index contributed by atoms with van der Waals surface area (Å²) < 4.78 is 0.